The second kappa shape index (κ2) is 4.78. The zero-order chi connectivity index (χ0) is 14.2. The molecule has 2 aromatic carbocycles. The van der Waals surface area contributed by atoms with E-state index >= 15 is 0 Å². The van der Waals surface area contributed by atoms with Crippen molar-refractivity contribution in [3.05, 3.63) is 47.0 Å². The Morgan fingerprint density at radius 1 is 0.947 bits per heavy atom. The van der Waals surface area contributed by atoms with Crippen molar-refractivity contribution in [2.45, 2.75) is 26.2 Å². The first-order chi connectivity index (χ1) is 8.80. The number of benzene rings is 2. The number of aromatic hydroxyl groups is 2. The molecule has 0 aliphatic rings. The van der Waals surface area contributed by atoms with Gasteiger partial charge in [-0.1, -0.05) is 56.6 Å². The molecule has 19 heavy (non-hydrogen) atoms. The van der Waals surface area contributed by atoms with Gasteiger partial charge in [-0.05, 0) is 23.1 Å². The van der Waals surface area contributed by atoms with Gasteiger partial charge in [0.05, 0.1) is 5.02 Å². The number of hydrogen-bond donors (Lipinski definition) is 2. The van der Waals surface area contributed by atoms with E-state index in [9.17, 15) is 10.2 Å². The van der Waals surface area contributed by atoms with Crippen LogP contribution in [0.5, 0.6) is 11.5 Å². The fourth-order valence-electron chi connectivity index (χ4n) is 1.96. The Hall–Kier alpha value is -1.67. The Bertz CT molecular complexity index is 613. The Kier molecular flexibility index (Phi) is 3.46. The molecule has 0 saturated heterocycles. The first kappa shape index (κ1) is 13.8. The molecule has 0 fully saturated rings. The number of rotatable bonds is 1. The van der Waals surface area contributed by atoms with Crippen molar-refractivity contribution in [3.8, 4) is 22.6 Å². The smallest absolute Gasteiger partial charge is 0.142 e. The zero-order valence-electron chi connectivity index (χ0n) is 11.2. The molecule has 3 heteroatoms. The highest BCUT2D eigenvalue weighted by Crippen LogP contribution is 2.40. The zero-order valence-corrected chi connectivity index (χ0v) is 12.0. The van der Waals surface area contributed by atoms with Crippen LogP contribution >= 0.6 is 11.6 Å². The molecule has 0 atom stereocenters. The van der Waals surface area contributed by atoms with Crippen LogP contribution < -0.4 is 0 Å². The molecule has 0 amide bonds. The standard InChI is InChI=1S/C16H17ClO2/c1-16(2,3)10-7-8-11(14(18)9-10)12-5-4-6-13(17)15(12)19/h4-9,18-19H,1-3H3. The van der Waals surface area contributed by atoms with Crippen LogP contribution in [0.1, 0.15) is 26.3 Å². The molecule has 2 N–H and O–H groups in total. The fourth-order valence-corrected chi connectivity index (χ4v) is 2.13. The highest BCUT2D eigenvalue weighted by atomic mass is 35.5. The van der Waals surface area contributed by atoms with Crippen molar-refractivity contribution < 1.29 is 10.2 Å². The fraction of sp³-hybridized carbons (Fsp3) is 0.250. The Morgan fingerprint density at radius 3 is 2.21 bits per heavy atom. The lowest BCUT2D eigenvalue weighted by molar-refractivity contribution is 0.467. The summed E-state index contributed by atoms with van der Waals surface area (Å²) in [5.74, 6) is 0.132. The summed E-state index contributed by atoms with van der Waals surface area (Å²) in [6.45, 7) is 6.24. The molecule has 0 radical (unpaired) electrons. The van der Waals surface area contributed by atoms with Gasteiger partial charge in [0.25, 0.3) is 0 Å². The molecule has 0 unspecified atom stereocenters. The molecule has 2 nitrogen and oxygen atoms in total. The minimum Gasteiger partial charge on any atom is -0.507 e. The maximum absolute atomic E-state index is 10.2. The van der Waals surface area contributed by atoms with Crippen molar-refractivity contribution in [1.29, 1.82) is 0 Å². The quantitative estimate of drug-likeness (QED) is 0.791. The normalized spacial score (nSPS) is 11.6. The molecule has 0 aliphatic carbocycles. The van der Waals surface area contributed by atoms with E-state index in [2.05, 4.69) is 20.8 Å². The van der Waals surface area contributed by atoms with Crippen LogP contribution in [0.4, 0.5) is 0 Å². The van der Waals surface area contributed by atoms with Crippen LogP contribution in [-0.2, 0) is 5.41 Å². The largest absolute Gasteiger partial charge is 0.507 e. The van der Waals surface area contributed by atoms with E-state index in [4.69, 9.17) is 11.6 Å². The van der Waals surface area contributed by atoms with Gasteiger partial charge in [0, 0.05) is 11.1 Å². The van der Waals surface area contributed by atoms with Gasteiger partial charge in [0.15, 0.2) is 0 Å². The van der Waals surface area contributed by atoms with Crippen molar-refractivity contribution in [2.24, 2.45) is 0 Å². The summed E-state index contributed by atoms with van der Waals surface area (Å²) in [5, 5.41) is 20.4. The third-order valence-corrected chi connectivity index (χ3v) is 3.45. The maximum atomic E-state index is 10.2. The average Bonchev–Trinajstić information content (AvgIpc) is 2.32. The number of phenols is 2. The predicted octanol–water partition coefficient (Wildman–Crippen LogP) is 4.72. The highest BCUT2D eigenvalue weighted by molar-refractivity contribution is 6.32. The van der Waals surface area contributed by atoms with Gasteiger partial charge >= 0.3 is 0 Å². The second-order valence-electron chi connectivity index (χ2n) is 5.62. The van der Waals surface area contributed by atoms with E-state index in [0.717, 1.165) is 5.56 Å². The van der Waals surface area contributed by atoms with Crippen LogP contribution in [0.15, 0.2) is 36.4 Å². The van der Waals surface area contributed by atoms with E-state index < -0.39 is 0 Å². The number of halogens is 1. The SMILES string of the molecule is CC(C)(C)c1ccc(-c2cccc(Cl)c2O)c(O)c1. The van der Waals surface area contributed by atoms with Gasteiger partial charge in [-0.3, -0.25) is 0 Å². The second-order valence-corrected chi connectivity index (χ2v) is 6.03. The molecular formula is C16H17ClO2. The summed E-state index contributed by atoms with van der Waals surface area (Å²) in [5.41, 5.74) is 2.11. The van der Waals surface area contributed by atoms with Crippen molar-refractivity contribution in [1.82, 2.24) is 0 Å². The first-order valence-corrected chi connectivity index (χ1v) is 6.50. The van der Waals surface area contributed by atoms with E-state index in [-0.39, 0.29) is 21.9 Å². The molecule has 0 bridgehead atoms. The lowest BCUT2D eigenvalue weighted by Gasteiger charge is -2.20. The summed E-state index contributed by atoms with van der Waals surface area (Å²) in [4.78, 5) is 0. The molecule has 100 valence electrons. The Balaban J connectivity index is 2.56. The predicted molar refractivity (Wildman–Crippen MR) is 78.9 cm³/mol. The molecule has 0 heterocycles. The summed E-state index contributed by atoms with van der Waals surface area (Å²) in [7, 11) is 0. The van der Waals surface area contributed by atoms with Gasteiger partial charge in [-0.2, -0.15) is 0 Å². The molecule has 0 aromatic heterocycles. The molecule has 0 aliphatic heterocycles. The van der Waals surface area contributed by atoms with Crippen LogP contribution in [-0.4, -0.2) is 10.2 Å². The third-order valence-electron chi connectivity index (χ3n) is 3.14. The van der Waals surface area contributed by atoms with Crippen molar-refractivity contribution >= 4 is 11.6 Å². The summed E-state index contributed by atoms with van der Waals surface area (Å²) < 4.78 is 0. The molecule has 0 saturated carbocycles. The lowest BCUT2D eigenvalue weighted by atomic mass is 9.86. The van der Waals surface area contributed by atoms with Gasteiger partial charge in [0.1, 0.15) is 11.5 Å². The lowest BCUT2D eigenvalue weighted by Crippen LogP contribution is -2.10. The molecular weight excluding hydrogens is 260 g/mol. The minimum atomic E-state index is -0.0353. The van der Waals surface area contributed by atoms with E-state index in [0.29, 0.717) is 11.1 Å². The Labute approximate surface area is 118 Å². The van der Waals surface area contributed by atoms with Crippen LogP contribution in [0.2, 0.25) is 5.02 Å². The number of para-hydroxylation sites is 1. The van der Waals surface area contributed by atoms with Gasteiger partial charge in [0.2, 0.25) is 0 Å². The van der Waals surface area contributed by atoms with E-state index in [1.807, 2.05) is 6.07 Å². The monoisotopic (exact) mass is 276 g/mol. The molecule has 2 aromatic rings. The van der Waals surface area contributed by atoms with Gasteiger partial charge < -0.3 is 10.2 Å². The van der Waals surface area contributed by atoms with Crippen molar-refractivity contribution in [3.63, 3.8) is 0 Å². The van der Waals surface area contributed by atoms with Crippen LogP contribution in [0.3, 0.4) is 0 Å². The van der Waals surface area contributed by atoms with Crippen LogP contribution in [0.25, 0.3) is 11.1 Å². The van der Waals surface area contributed by atoms with E-state index in [1.165, 1.54) is 0 Å². The highest BCUT2D eigenvalue weighted by Gasteiger charge is 2.17. The van der Waals surface area contributed by atoms with Crippen molar-refractivity contribution in [2.75, 3.05) is 0 Å². The molecule has 2 rings (SSSR count). The number of hydrogen-bond acceptors (Lipinski definition) is 2. The minimum absolute atomic E-state index is 0.0111. The molecule has 0 spiro atoms. The number of phenolic OH excluding ortho intramolecular Hbond substituents is 2. The summed E-state index contributed by atoms with van der Waals surface area (Å²) in [6.07, 6.45) is 0. The van der Waals surface area contributed by atoms with Crippen LogP contribution in [0, 0.1) is 0 Å². The third kappa shape index (κ3) is 2.69. The first-order valence-electron chi connectivity index (χ1n) is 6.12. The summed E-state index contributed by atoms with van der Waals surface area (Å²) >= 11 is 5.89. The van der Waals surface area contributed by atoms with Gasteiger partial charge in [-0.15, -0.1) is 0 Å². The van der Waals surface area contributed by atoms with E-state index in [1.54, 1.807) is 30.3 Å². The van der Waals surface area contributed by atoms with Gasteiger partial charge in [-0.25, -0.2) is 0 Å². The summed E-state index contributed by atoms with van der Waals surface area (Å²) in [6, 6.07) is 10.6. The maximum Gasteiger partial charge on any atom is 0.142 e. The topological polar surface area (TPSA) is 40.5 Å². The average molecular weight is 277 g/mol. The Morgan fingerprint density at radius 2 is 1.63 bits per heavy atom.